The lowest BCUT2D eigenvalue weighted by molar-refractivity contribution is -0.143. The van der Waals surface area contributed by atoms with Crippen molar-refractivity contribution in [3.05, 3.63) is 29.3 Å². The Morgan fingerprint density at radius 2 is 2.14 bits per heavy atom. The van der Waals surface area contributed by atoms with E-state index < -0.39 is 0 Å². The van der Waals surface area contributed by atoms with E-state index in [1.54, 1.807) is 0 Å². The Bertz CT molecular complexity index is 501. The quantitative estimate of drug-likeness (QED) is 0.856. The predicted octanol–water partition coefficient (Wildman–Crippen LogP) is 2.71. The molecule has 2 unspecified atom stereocenters. The van der Waals surface area contributed by atoms with Crippen LogP contribution in [0.15, 0.2) is 18.2 Å². The van der Waals surface area contributed by atoms with Crippen molar-refractivity contribution >= 4 is 5.91 Å². The van der Waals surface area contributed by atoms with Crippen LogP contribution in [0.3, 0.4) is 0 Å². The van der Waals surface area contributed by atoms with Gasteiger partial charge in [-0.1, -0.05) is 12.1 Å². The van der Waals surface area contributed by atoms with Crippen LogP contribution in [0.1, 0.15) is 31.4 Å². The molecular weight excluding hydrogens is 266 g/mol. The van der Waals surface area contributed by atoms with Crippen molar-refractivity contribution in [2.75, 3.05) is 19.8 Å². The van der Waals surface area contributed by atoms with Crippen LogP contribution in [0.25, 0.3) is 0 Å². The lowest BCUT2D eigenvalue weighted by Gasteiger charge is -2.36. The number of carbonyl (C=O) groups excluding carboxylic acids is 1. The van der Waals surface area contributed by atoms with Crippen LogP contribution in [0.2, 0.25) is 0 Å². The zero-order valence-electron chi connectivity index (χ0n) is 13.4. The van der Waals surface area contributed by atoms with Crippen LogP contribution in [-0.2, 0) is 9.53 Å². The van der Waals surface area contributed by atoms with E-state index in [1.807, 2.05) is 37.8 Å². The van der Waals surface area contributed by atoms with Crippen molar-refractivity contribution in [1.82, 2.24) is 4.90 Å². The first-order valence-electron chi connectivity index (χ1n) is 7.59. The minimum Gasteiger partial charge on any atom is -0.493 e. The molecule has 4 nitrogen and oxygen atoms in total. The number of nitrogens with zero attached hydrogens (tertiary/aromatic N) is 1. The van der Waals surface area contributed by atoms with Gasteiger partial charge in [0.25, 0.3) is 0 Å². The van der Waals surface area contributed by atoms with Crippen molar-refractivity contribution in [2.24, 2.45) is 0 Å². The van der Waals surface area contributed by atoms with Crippen LogP contribution < -0.4 is 4.74 Å². The van der Waals surface area contributed by atoms with Gasteiger partial charge in [-0.05, 0) is 44.9 Å². The molecule has 21 heavy (non-hydrogen) atoms. The van der Waals surface area contributed by atoms with Crippen LogP contribution in [0.5, 0.6) is 5.75 Å². The second kappa shape index (κ2) is 6.94. The van der Waals surface area contributed by atoms with E-state index in [0.717, 1.165) is 11.3 Å². The third-order valence-electron chi connectivity index (χ3n) is 4.06. The molecule has 1 aliphatic heterocycles. The maximum Gasteiger partial charge on any atom is 0.226 e. The minimum atomic E-state index is 0.116. The third kappa shape index (κ3) is 3.97. The third-order valence-corrected chi connectivity index (χ3v) is 4.06. The van der Waals surface area contributed by atoms with Crippen LogP contribution in [0.4, 0.5) is 0 Å². The fraction of sp³-hybridized carbons (Fsp3) is 0.588. The van der Waals surface area contributed by atoms with Gasteiger partial charge >= 0.3 is 0 Å². The van der Waals surface area contributed by atoms with Gasteiger partial charge in [0.2, 0.25) is 5.91 Å². The molecule has 0 bridgehead atoms. The van der Waals surface area contributed by atoms with Crippen LogP contribution >= 0.6 is 0 Å². The first-order chi connectivity index (χ1) is 9.99. The number of hydrogen-bond donors (Lipinski definition) is 0. The number of amides is 1. The molecule has 2 rings (SSSR count). The molecular formula is C17H25NO3. The molecule has 1 saturated heterocycles. The number of hydrogen-bond acceptors (Lipinski definition) is 3. The molecule has 116 valence electrons. The Balaban J connectivity index is 1.85. The highest BCUT2D eigenvalue weighted by Crippen LogP contribution is 2.21. The normalized spacial score (nSPS) is 22.2. The highest BCUT2D eigenvalue weighted by molar-refractivity contribution is 5.76. The largest absolute Gasteiger partial charge is 0.493 e. The number of ether oxygens (including phenoxy) is 2. The Morgan fingerprint density at radius 3 is 2.90 bits per heavy atom. The molecule has 2 atom stereocenters. The van der Waals surface area contributed by atoms with E-state index in [2.05, 4.69) is 13.0 Å². The fourth-order valence-electron chi connectivity index (χ4n) is 2.52. The molecule has 4 heteroatoms. The predicted molar refractivity (Wildman–Crippen MR) is 82.6 cm³/mol. The summed E-state index contributed by atoms with van der Waals surface area (Å²) >= 11 is 0. The molecule has 1 aromatic rings. The molecule has 0 N–H and O–H groups in total. The van der Waals surface area contributed by atoms with E-state index in [0.29, 0.717) is 26.2 Å². The highest BCUT2D eigenvalue weighted by atomic mass is 16.5. The lowest BCUT2D eigenvalue weighted by Crippen LogP contribution is -2.50. The van der Waals surface area contributed by atoms with Crippen molar-refractivity contribution in [1.29, 1.82) is 0 Å². The summed E-state index contributed by atoms with van der Waals surface area (Å²) in [5.41, 5.74) is 2.34. The van der Waals surface area contributed by atoms with E-state index in [9.17, 15) is 4.79 Å². The lowest BCUT2D eigenvalue weighted by atomic mass is 10.1. The summed E-state index contributed by atoms with van der Waals surface area (Å²) in [6, 6.07) is 6.14. The summed E-state index contributed by atoms with van der Waals surface area (Å²) in [6.07, 6.45) is 0.523. The number of rotatable bonds is 4. The van der Waals surface area contributed by atoms with Gasteiger partial charge in [0.15, 0.2) is 0 Å². The topological polar surface area (TPSA) is 38.8 Å². The van der Waals surface area contributed by atoms with Gasteiger partial charge in [-0.15, -0.1) is 0 Å². The number of benzene rings is 1. The molecule has 1 aliphatic rings. The van der Waals surface area contributed by atoms with Gasteiger partial charge in [0, 0.05) is 6.54 Å². The van der Waals surface area contributed by atoms with E-state index in [1.165, 1.54) is 5.56 Å². The Morgan fingerprint density at radius 1 is 1.38 bits per heavy atom. The summed E-state index contributed by atoms with van der Waals surface area (Å²) in [4.78, 5) is 14.2. The van der Waals surface area contributed by atoms with Gasteiger partial charge in [0.05, 0.1) is 31.8 Å². The molecule has 1 amide bonds. The second-order valence-electron chi connectivity index (χ2n) is 5.84. The number of carbonyl (C=O) groups is 1. The maximum absolute atomic E-state index is 12.3. The monoisotopic (exact) mass is 291 g/mol. The molecule has 0 aromatic heterocycles. The van der Waals surface area contributed by atoms with E-state index in [4.69, 9.17) is 9.47 Å². The van der Waals surface area contributed by atoms with Crippen LogP contribution in [0, 0.1) is 13.8 Å². The molecule has 0 aliphatic carbocycles. The number of aryl methyl sites for hydroxylation is 1. The second-order valence-corrected chi connectivity index (χ2v) is 5.84. The van der Waals surface area contributed by atoms with Gasteiger partial charge in [-0.3, -0.25) is 4.79 Å². The molecule has 0 radical (unpaired) electrons. The maximum atomic E-state index is 12.3. The highest BCUT2D eigenvalue weighted by Gasteiger charge is 2.27. The molecule has 0 saturated carbocycles. The Hall–Kier alpha value is -1.55. The van der Waals surface area contributed by atoms with Gasteiger partial charge < -0.3 is 14.4 Å². The van der Waals surface area contributed by atoms with E-state index in [-0.39, 0.29) is 18.1 Å². The summed E-state index contributed by atoms with van der Waals surface area (Å²) in [7, 11) is 0. The first kappa shape index (κ1) is 15.8. The summed E-state index contributed by atoms with van der Waals surface area (Å²) in [5, 5.41) is 0. The van der Waals surface area contributed by atoms with Crippen molar-refractivity contribution in [3.8, 4) is 5.75 Å². The summed E-state index contributed by atoms with van der Waals surface area (Å²) in [6.45, 7) is 9.83. The van der Waals surface area contributed by atoms with Crippen molar-refractivity contribution < 1.29 is 14.3 Å². The van der Waals surface area contributed by atoms with Gasteiger partial charge in [0.1, 0.15) is 5.75 Å². The smallest absolute Gasteiger partial charge is 0.226 e. The zero-order chi connectivity index (χ0) is 15.4. The van der Waals surface area contributed by atoms with Gasteiger partial charge in [-0.25, -0.2) is 0 Å². The number of morpholine rings is 1. The van der Waals surface area contributed by atoms with Crippen molar-refractivity contribution in [3.63, 3.8) is 0 Å². The fourth-order valence-corrected chi connectivity index (χ4v) is 2.52. The van der Waals surface area contributed by atoms with Crippen LogP contribution in [-0.4, -0.2) is 42.7 Å². The Kier molecular flexibility index (Phi) is 5.23. The minimum absolute atomic E-state index is 0.116. The molecule has 1 fully saturated rings. The SMILES string of the molecule is Cc1cccc(OCCC(=O)N2CC(C)OCC2C)c1C. The van der Waals surface area contributed by atoms with Crippen molar-refractivity contribution in [2.45, 2.75) is 46.3 Å². The van der Waals surface area contributed by atoms with E-state index >= 15 is 0 Å². The average molecular weight is 291 g/mol. The Labute approximate surface area is 127 Å². The van der Waals surface area contributed by atoms with Gasteiger partial charge in [-0.2, -0.15) is 0 Å². The average Bonchev–Trinajstić information content (AvgIpc) is 2.46. The molecule has 1 heterocycles. The summed E-state index contributed by atoms with van der Waals surface area (Å²) < 4.78 is 11.3. The summed E-state index contributed by atoms with van der Waals surface area (Å²) in [5.74, 6) is 1.01. The standard InChI is InChI=1S/C17H25NO3/c1-12-6-5-7-16(15(12)4)20-9-8-17(19)18-10-14(3)21-11-13(18)2/h5-7,13-14H,8-11H2,1-4H3. The zero-order valence-corrected chi connectivity index (χ0v) is 13.4. The first-order valence-corrected chi connectivity index (χ1v) is 7.59. The molecule has 0 spiro atoms. The molecule has 1 aromatic carbocycles.